The van der Waals surface area contributed by atoms with E-state index >= 15 is 0 Å². The van der Waals surface area contributed by atoms with Gasteiger partial charge >= 0.3 is 11.9 Å². The summed E-state index contributed by atoms with van der Waals surface area (Å²) in [7, 11) is 3.26. The summed E-state index contributed by atoms with van der Waals surface area (Å²) in [5, 5.41) is 0. The highest BCUT2D eigenvalue weighted by Gasteiger charge is 2.45. The molecule has 0 radical (unpaired) electrons. The molecular formula is C30H49NO7. The number of ether oxygens (including phenoxy) is 5. The number of carbonyl (C=O) groups excluding carboxylic acids is 2. The molecule has 8 nitrogen and oxygen atoms in total. The Bertz CT molecular complexity index is 908. The highest BCUT2D eigenvalue weighted by molar-refractivity contribution is 5.78. The van der Waals surface area contributed by atoms with Crippen LogP contribution >= 0.6 is 0 Å². The van der Waals surface area contributed by atoms with Crippen molar-refractivity contribution < 1.29 is 33.3 Å². The molecule has 1 aromatic carbocycles. The minimum atomic E-state index is -0.657. The van der Waals surface area contributed by atoms with Gasteiger partial charge in [0.05, 0.1) is 25.6 Å². The van der Waals surface area contributed by atoms with Crippen LogP contribution in [0.4, 0.5) is 0 Å². The molecule has 0 saturated carbocycles. The summed E-state index contributed by atoms with van der Waals surface area (Å²) in [4.78, 5) is 26.1. The van der Waals surface area contributed by atoms with E-state index in [4.69, 9.17) is 29.4 Å². The summed E-state index contributed by atoms with van der Waals surface area (Å²) in [6.07, 6.45) is 1.16. The standard InChI is InChI=1S/C30H49NO7/c1-18(2)21(27(31)20-11-12-24(35-9)26(15-20)36-14-10-13-34-8)16-23(29(33)38-30(5,6)7)25-17-22(19(3)4)28(32)37-25/h11-12,15,18-19,21-23,25,27H,10,13-14,16-17,31H2,1-9H3/t21-,22-,23-,25-,27?/m0/s1. The second-order valence-electron chi connectivity index (χ2n) is 12.0. The zero-order valence-corrected chi connectivity index (χ0v) is 24.7. The number of nitrogens with two attached hydrogens (primary N) is 1. The van der Waals surface area contributed by atoms with Crippen LogP contribution in [0.3, 0.4) is 0 Å². The molecule has 1 fully saturated rings. The zero-order valence-electron chi connectivity index (χ0n) is 24.7. The predicted molar refractivity (Wildman–Crippen MR) is 147 cm³/mol. The number of hydrogen-bond acceptors (Lipinski definition) is 8. The SMILES string of the molecule is COCCCOc1cc(C(N)[C@@H](C[C@H](C(=O)OC(C)(C)C)[C@@H]2C[C@@H](C(C)C)C(=O)O2)C(C)C)ccc1OC. The van der Waals surface area contributed by atoms with Crippen molar-refractivity contribution in [1.29, 1.82) is 0 Å². The van der Waals surface area contributed by atoms with Crippen molar-refractivity contribution in [3.05, 3.63) is 23.8 Å². The fourth-order valence-corrected chi connectivity index (χ4v) is 4.97. The molecule has 0 bridgehead atoms. The Balaban J connectivity index is 2.34. The van der Waals surface area contributed by atoms with Gasteiger partial charge < -0.3 is 29.4 Å². The number of methoxy groups -OCH3 is 2. The topological polar surface area (TPSA) is 106 Å². The van der Waals surface area contributed by atoms with E-state index in [0.717, 1.165) is 12.0 Å². The van der Waals surface area contributed by atoms with Gasteiger partial charge in [-0.25, -0.2) is 0 Å². The fraction of sp³-hybridized carbons (Fsp3) is 0.733. The first kappa shape index (κ1) is 31.9. The first-order valence-electron chi connectivity index (χ1n) is 13.8. The van der Waals surface area contributed by atoms with Crippen molar-refractivity contribution in [2.45, 2.75) is 85.5 Å². The number of hydrogen-bond donors (Lipinski definition) is 1. The molecule has 0 aliphatic carbocycles. The van der Waals surface area contributed by atoms with Crippen LogP contribution in [0.1, 0.15) is 79.3 Å². The van der Waals surface area contributed by atoms with Crippen LogP contribution in [0.15, 0.2) is 18.2 Å². The molecule has 1 unspecified atom stereocenters. The Kier molecular flexibility index (Phi) is 11.9. The van der Waals surface area contributed by atoms with Gasteiger partial charge in [-0.2, -0.15) is 0 Å². The quantitative estimate of drug-likeness (QED) is 0.252. The first-order chi connectivity index (χ1) is 17.8. The molecule has 38 heavy (non-hydrogen) atoms. The molecule has 1 aliphatic rings. The van der Waals surface area contributed by atoms with E-state index in [1.165, 1.54) is 0 Å². The second-order valence-corrected chi connectivity index (χ2v) is 12.0. The van der Waals surface area contributed by atoms with Crippen LogP contribution in [0.25, 0.3) is 0 Å². The van der Waals surface area contributed by atoms with E-state index in [2.05, 4.69) is 13.8 Å². The largest absolute Gasteiger partial charge is 0.493 e. The highest BCUT2D eigenvalue weighted by atomic mass is 16.6. The molecule has 1 saturated heterocycles. The van der Waals surface area contributed by atoms with E-state index in [-0.39, 0.29) is 41.7 Å². The lowest BCUT2D eigenvalue weighted by molar-refractivity contribution is -0.167. The number of rotatable bonds is 14. The molecule has 8 heteroatoms. The van der Waals surface area contributed by atoms with Gasteiger partial charge in [0.15, 0.2) is 11.5 Å². The predicted octanol–water partition coefficient (Wildman–Crippen LogP) is 5.32. The van der Waals surface area contributed by atoms with Gasteiger partial charge in [-0.15, -0.1) is 0 Å². The molecule has 216 valence electrons. The van der Waals surface area contributed by atoms with Gasteiger partial charge in [-0.05, 0) is 69.1 Å². The van der Waals surface area contributed by atoms with Crippen LogP contribution in [0.2, 0.25) is 0 Å². The maximum atomic E-state index is 13.5. The molecule has 1 aromatic rings. The summed E-state index contributed by atoms with van der Waals surface area (Å²) in [5.41, 5.74) is 7.11. The lowest BCUT2D eigenvalue weighted by Gasteiger charge is -2.33. The van der Waals surface area contributed by atoms with E-state index in [1.54, 1.807) is 14.2 Å². The average molecular weight is 536 g/mol. The number of benzene rings is 1. The smallest absolute Gasteiger partial charge is 0.313 e. The summed E-state index contributed by atoms with van der Waals surface area (Å²) >= 11 is 0. The van der Waals surface area contributed by atoms with Crippen molar-refractivity contribution in [3.63, 3.8) is 0 Å². The van der Waals surface area contributed by atoms with Gasteiger partial charge in [0.25, 0.3) is 0 Å². The van der Waals surface area contributed by atoms with Crippen molar-refractivity contribution in [3.8, 4) is 11.5 Å². The molecule has 2 N–H and O–H groups in total. The Labute approximate surface area is 228 Å². The van der Waals surface area contributed by atoms with E-state index < -0.39 is 17.6 Å². The first-order valence-corrected chi connectivity index (χ1v) is 13.8. The van der Waals surface area contributed by atoms with E-state index in [1.807, 2.05) is 52.8 Å². The van der Waals surface area contributed by atoms with Gasteiger partial charge in [-0.1, -0.05) is 33.8 Å². The normalized spacial score (nSPS) is 20.3. The van der Waals surface area contributed by atoms with Crippen LogP contribution in [-0.2, 0) is 23.8 Å². The Morgan fingerprint density at radius 3 is 2.32 bits per heavy atom. The molecule has 2 rings (SSSR count). The average Bonchev–Trinajstić information content (AvgIpc) is 3.21. The minimum Gasteiger partial charge on any atom is -0.493 e. The van der Waals surface area contributed by atoms with Crippen molar-refractivity contribution in [1.82, 2.24) is 0 Å². The second kappa shape index (κ2) is 14.2. The Morgan fingerprint density at radius 1 is 1.11 bits per heavy atom. The maximum absolute atomic E-state index is 13.5. The van der Waals surface area contributed by atoms with Crippen LogP contribution in [-0.4, -0.2) is 51.1 Å². The molecule has 1 aliphatic heterocycles. The van der Waals surface area contributed by atoms with Crippen LogP contribution in [0.5, 0.6) is 11.5 Å². The van der Waals surface area contributed by atoms with Crippen molar-refractivity contribution in [2.75, 3.05) is 27.4 Å². The lowest BCUT2D eigenvalue weighted by atomic mass is 9.76. The van der Waals surface area contributed by atoms with Gasteiger partial charge in [0, 0.05) is 26.2 Å². The maximum Gasteiger partial charge on any atom is 0.313 e. The van der Waals surface area contributed by atoms with Crippen molar-refractivity contribution >= 4 is 11.9 Å². The molecule has 0 amide bonds. The fourth-order valence-electron chi connectivity index (χ4n) is 4.97. The molecule has 5 atom stereocenters. The minimum absolute atomic E-state index is 0.0842. The number of cyclic esters (lactones) is 1. The summed E-state index contributed by atoms with van der Waals surface area (Å²) < 4.78 is 28.2. The highest BCUT2D eigenvalue weighted by Crippen LogP contribution is 2.40. The van der Waals surface area contributed by atoms with Crippen LogP contribution < -0.4 is 15.2 Å². The van der Waals surface area contributed by atoms with Crippen molar-refractivity contribution in [2.24, 2.45) is 35.3 Å². The third-order valence-corrected chi connectivity index (χ3v) is 7.19. The van der Waals surface area contributed by atoms with Gasteiger partial charge in [0.2, 0.25) is 0 Å². The molecular weight excluding hydrogens is 486 g/mol. The Hall–Kier alpha value is -2.32. The van der Waals surface area contributed by atoms with E-state index in [9.17, 15) is 9.59 Å². The monoisotopic (exact) mass is 535 g/mol. The summed E-state index contributed by atoms with van der Waals surface area (Å²) in [5.74, 6) is 0.0235. The summed E-state index contributed by atoms with van der Waals surface area (Å²) in [6, 6.07) is 5.33. The van der Waals surface area contributed by atoms with Crippen LogP contribution in [0, 0.1) is 29.6 Å². The number of esters is 2. The Morgan fingerprint density at radius 2 is 1.79 bits per heavy atom. The zero-order chi connectivity index (χ0) is 28.6. The molecule has 1 heterocycles. The van der Waals surface area contributed by atoms with Gasteiger partial charge in [0.1, 0.15) is 11.7 Å². The third-order valence-electron chi connectivity index (χ3n) is 7.19. The molecule has 0 aromatic heterocycles. The van der Waals surface area contributed by atoms with E-state index in [0.29, 0.717) is 37.6 Å². The lowest BCUT2D eigenvalue weighted by Crippen LogP contribution is -2.39. The van der Waals surface area contributed by atoms with Gasteiger partial charge in [-0.3, -0.25) is 9.59 Å². The number of carbonyl (C=O) groups is 2. The summed E-state index contributed by atoms with van der Waals surface area (Å²) in [6.45, 7) is 14.8. The molecule has 0 spiro atoms. The third kappa shape index (κ3) is 8.87.